The first kappa shape index (κ1) is 11.9. The van der Waals surface area contributed by atoms with Gasteiger partial charge in [-0.3, -0.25) is 4.79 Å². The molecule has 0 amide bonds. The predicted molar refractivity (Wildman–Crippen MR) is 56.9 cm³/mol. The molecule has 2 N–H and O–H groups in total. The molecule has 84 valence electrons. The van der Waals surface area contributed by atoms with Gasteiger partial charge < -0.3 is 14.8 Å². The van der Waals surface area contributed by atoms with Gasteiger partial charge in [-0.15, -0.1) is 0 Å². The Kier molecular flexibility index (Phi) is 4.52. The fraction of sp³-hybridized carbons (Fsp3) is 0.545. The quantitative estimate of drug-likeness (QED) is 0.692. The fourth-order valence-corrected chi connectivity index (χ4v) is 1.20. The van der Waals surface area contributed by atoms with E-state index in [0.717, 1.165) is 5.76 Å². The Labute approximate surface area is 89.3 Å². The van der Waals surface area contributed by atoms with E-state index in [1.54, 1.807) is 12.1 Å². The molecule has 1 rings (SSSR count). The normalized spacial score (nSPS) is 12.7. The first-order valence-corrected chi connectivity index (χ1v) is 5.07. The number of ketones is 1. The summed E-state index contributed by atoms with van der Waals surface area (Å²) in [6.45, 7) is 4.30. The Bertz CT molecular complexity index is 319. The molecule has 0 aromatic carbocycles. The maximum Gasteiger partial charge on any atom is 0.199 e. The number of hydrogen-bond acceptors (Lipinski definition) is 4. The predicted octanol–water partition coefficient (Wildman–Crippen LogP) is 1.13. The topological polar surface area (TPSA) is 62.5 Å². The highest BCUT2D eigenvalue weighted by molar-refractivity contribution is 5.93. The fourth-order valence-electron chi connectivity index (χ4n) is 1.20. The molecule has 0 radical (unpaired) electrons. The zero-order valence-electron chi connectivity index (χ0n) is 9.12. The summed E-state index contributed by atoms with van der Waals surface area (Å²) < 4.78 is 5.20. The summed E-state index contributed by atoms with van der Waals surface area (Å²) in [5.41, 5.74) is 0. The molecule has 1 heterocycles. The van der Waals surface area contributed by atoms with Gasteiger partial charge in [-0.05, 0) is 26.0 Å². The Balaban J connectivity index is 2.31. The van der Waals surface area contributed by atoms with Crippen molar-refractivity contribution in [3.05, 3.63) is 23.7 Å². The lowest BCUT2D eigenvalue weighted by atomic mass is 10.2. The second-order valence-electron chi connectivity index (χ2n) is 3.62. The molecular weight excluding hydrogens is 194 g/mol. The zero-order chi connectivity index (χ0) is 11.3. The van der Waals surface area contributed by atoms with Crippen LogP contribution < -0.4 is 5.32 Å². The van der Waals surface area contributed by atoms with Crippen molar-refractivity contribution in [2.75, 3.05) is 13.2 Å². The molecule has 4 heteroatoms. The highest BCUT2D eigenvalue weighted by atomic mass is 16.3. The third-order valence-electron chi connectivity index (χ3n) is 2.13. The van der Waals surface area contributed by atoms with E-state index >= 15 is 0 Å². The number of rotatable bonds is 6. The van der Waals surface area contributed by atoms with Crippen LogP contribution in [0.5, 0.6) is 0 Å². The van der Waals surface area contributed by atoms with Gasteiger partial charge in [-0.25, -0.2) is 0 Å². The van der Waals surface area contributed by atoms with Crippen LogP contribution in [-0.4, -0.2) is 30.1 Å². The summed E-state index contributed by atoms with van der Waals surface area (Å²) in [5.74, 6) is 1.14. The first-order valence-electron chi connectivity index (χ1n) is 5.07. The molecule has 0 saturated carbocycles. The average molecular weight is 211 g/mol. The molecule has 15 heavy (non-hydrogen) atoms. The molecule has 0 saturated heterocycles. The minimum Gasteiger partial charge on any atom is -0.458 e. The second kappa shape index (κ2) is 5.68. The summed E-state index contributed by atoms with van der Waals surface area (Å²) in [4.78, 5) is 11.5. The van der Waals surface area contributed by atoms with Crippen LogP contribution in [0, 0.1) is 6.92 Å². The molecule has 0 fully saturated rings. The van der Waals surface area contributed by atoms with E-state index in [1.165, 1.54) is 0 Å². The van der Waals surface area contributed by atoms with Gasteiger partial charge in [0.2, 0.25) is 0 Å². The van der Waals surface area contributed by atoms with Crippen molar-refractivity contribution in [3.8, 4) is 0 Å². The second-order valence-corrected chi connectivity index (χ2v) is 3.62. The summed E-state index contributed by atoms with van der Waals surface area (Å²) in [5, 5.41) is 11.8. The summed E-state index contributed by atoms with van der Waals surface area (Å²) in [7, 11) is 0. The van der Waals surface area contributed by atoms with Gasteiger partial charge in [-0.1, -0.05) is 0 Å². The SMILES string of the molecule is Cc1ccc(C(=O)CCNC(C)CO)o1. The minimum atomic E-state index is -0.0132. The molecule has 0 aliphatic rings. The first-order chi connectivity index (χ1) is 7.13. The smallest absolute Gasteiger partial charge is 0.199 e. The maximum absolute atomic E-state index is 11.5. The van der Waals surface area contributed by atoms with Crippen LogP contribution in [0.4, 0.5) is 0 Å². The Hall–Kier alpha value is -1.13. The molecule has 0 bridgehead atoms. The van der Waals surface area contributed by atoms with Gasteiger partial charge in [-0.2, -0.15) is 0 Å². The monoisotopic (exact) mass is 211 g/mol. The summed E-state index contributed by atoms with van der Waals surface area (Å²) in [6, 6.07) is 3.49. The lowest BCUT2D eigenvalue weighted by Crippen LogP contribution is -2.31. The molecular formula is C11H17NO3. The number of aliphatic hydroxyl groups is 1. The van der Waals surface area contributed by atoms with Crippen LogP contribution >= 0.6 is 0 Å². The molecule has 1 aromatic heterocycles. The van der Waals surface area contributed by atoms with Crippen LogP contribution in [0.25, 0.3) is 0 Å². The molecule has 0 aliphatic heterocycles. The van der Waals surface area contributed by atoms with E-state index in [2.05, 4.69) is 5.32 Å². The Morgan fingerprint density at radius 1 is 1.60 bits per heavy atom. The van der Waals surface area contributed by atoms with Crippen LogP contribution in [0.3, 0.4) is 0 Å². The van der Waals surface area contributed by atoms with Crippen LogP contribution in [0.15, 0.2) is 16.5 Å². The summed E-state index contributed by atoms with van der Waals surface area (Å²) in [6.07, 6.45) is 0.386. The molecule has 4 nitrogen and oxygen atoms in total. The van der Waals surface area contributed by atoms with E-state index in [-0.39, 0.29) is 18.4 Å². The number of carbonyl (C=O) groups is 1. The number of hydrogen-bond donors (Lipinski definition) is 2. The van der Waals surface area contributed by atoms with Crippen molar-refractivity contribution in [1.29, 1.82) is 0 Å². The standard InChI is InChI=1S/C11H17NO3/c1-8(7-13)12-6-5-10(14)11-4-3-9(2)15-11/h3-4,8,12-13H,5-7H2,1-2H3. The van der Waals surface area contributed by atoms with Gasteiger partial charge in [0.1, 0.15) is 5.76 Å². The number of aryl methyl sites for hydroxylation is 1. The number of furan rings is 1. The zero-order valence-corrected chi connectivity index (χ0v) is 9.12. The molecule has 0 spiro atoms. The third-order valence-corrected chi connectivity index (χ3v) is 2.13. The van der Waals surface area contributed by atoms with Gasteiger partial charge in [0.05, 0.1) is 6.61 Å². The molecule has 0 aliphatic carbocycles. The van der Waals surface area contributed by atoms with Gasteiger partial charge >= 0.3 is 0 Å². The molecule has 1 unspecified atom stereocenters. The van der Waals surface area contributed by atoms with E-state index < -0.39 is 0 Å². The van der Waals surface area contributed by atoms with Crippen molar-refractivity contribution in [2.45, 2.75) is 26.3 Å². The third kappa shape index (κ3) is 3.85. The number of Topliss-reactive ketones (excluding diaryl/α,β-unsaturated/α-hetero) is 1. The van der Waals surface area contributed by atoms with Crippen molar-refractivity contribution >= 4 is 5.78 Å². The van der Waals surface area contributed by atoms with Gasteiger partial charge in [0.15, 0.2) is 11.5 Å². The number of carbonyl (C=O) groups excluding carboxylic acids is 1. The molecule has 1 atom stereocenters. The van der Waals surface area contributed by atoms with Crippen LogP contribution in [0.2, 0.25) is 0 Å². The van der Waals surface area contributed by atoms with Crippen molar-refractivity contribution in [1.82, 2.24) is 5.32 Å². The lowest BCUT2D eigenvalue weighted by molar-refractivity contribution is 0.0952. The minimum absolute atomic E-state index is 0.0132. The van der Waals surface area contributed by atoms with Crippen LogP contribution in [-0.2, 0) is 0 Å². The van der Waals surface area contributed by atoms with Gasteiger partial charge in [0.25, 0.3) is 0 Å². The average Bonchev–Trinajstić information content (AvgIpc) is 2.64. The van der Waals surface area contributed by atoms with E-state index in [4.69, 9.17) is 9.52 Å². The maximum atomic E-state index is 11.5. The number of aliphatic hydroxyl groups excluding tert-OH is 1. The summed E-state index contributed by atoms with van der Waals surface area (Å²) >= 11 is 0. The highest BCUT2D eigenvalue weighted by Gasteiger charge is 2.09. The largest absolute Gasteiger partial charge is 0.458 e. The van der Waals surface area contributed by atoms with Crippen molar-refractivity contribution in [3.63, 3.8) is 0 Å². The van der Waals surface area contributed by atoms with Gasteiger partial charge in [0, 0.05) is 19.0 Å². The Morgan fingerprint density at radius 2 is 2.33 bits per heavy atom. The lowest BCUT2D eigenvalue weighted by Gasteiger charge is -2.08. The van der Waals surface area contributed by atoms with E-state index in [1.807, 2.05) is 13.8 Å². The Morgan fingerprint density at radius 3 is 2.87 bits per heavy atom. The van der Waals surface area contributed by atoms with E-state index in [9.17, 15) is 4.79 Å². The number of nitrogens with one attached hydrogen (secondary N) is 1. The molecule has 1 aromatic rings. The van der Waals surface area contributed by atoms with Crippen LogP contribution in [0.1, 0.15) is 29.7 Å². The van der Waals surface area contributed by atoms with Crippen molar-refractivity contribution < 1.29 is 14.3 Å². The highest BCUT2D eigenvalue weighted by Crippen LogP contribution is 2.08. The van der Waals surface area contributed by atoms with E-state index in [0.29, 0.717) is 18.7 Å². The van der Waals surface area contributed by atoms with Crippen molar-refractivity contribution in [2.24, 2.45) is 0 Å².